The lowest BCUT2D eigenvalue weighted by atomic mass is 9.51. The van der Waals surface area contributed by atoms with Gasteiger partial charge in [-0.2, -0.15) is 0 Å². The van der Waals surface area contributed by atoms with Gasteiger partial charge < -0.3 is 15.1 Å². The number of carbonyl (C=O) groups excluding carboxylic acids is 1. The van der Waals surface area contributed by atoms with Crippen LogP contribution in [-0.2, 0) is 17.6 Å². The minimum Gasteiger partial charge on any atom is -0.508 e. The van der Waals surface area contributed by atoms with Crippen LogP contribution >= 0.6 is 0 Å². The van der Waals surface area contributed by atoms with Gasteiger partial charge in [-0.15, -0.1) is 0 Å². The number of phenolic OH excluding ortho intramolecular Hbond substituents is 1. The average Bonchev–Trinajstić information content (AvgIpc) is 3.26. The molecule has 0 spiro atoms. The summed E-state index contributed by atoms with van der Waals surface area (Å²) in [5.41, 5.74) is 3.20. The highest BCUT2D eigenvalue weighted by Crippen LogP contribution is 2.63. The smallest absolute Gasteiger partial charge is 0.222 e. The minimum atomic E-state index is -0.955. The van der Waals surface area contributed by atoms with Gasteiger partial charge in [0.2, 0.25) is 5.91 Å². The van der Waals surface area contributed by atoms with Gasteiger partial charge in [0, 0.05) is 25.4 Å². The molecule has 2 aromatic carbocycles. The number of nitrogens with zero attached hydrogens (tertiary/aromatic N) is 1. The van der Waals surface area contributed by atoms with Crippen LogP contribution in [0.25, 0.3) is 0 Å². The van der Waals surface area contributed by atoms with Crippen LogP contribution in [0, 0.1) is 23.2 Å². The predicted molar refractivity (Wildman–Crippen MR) is 163 cm³/mol. The molecule has 1 amide bonds. The first-order valence-corrected chi connectivity index (χ1v) is 16.3. The molecular weight excluding hydrogens is 513 g/mol. The number of aliphatic hydroxyl groups is 1. The molecule has 0 saturated heterocycles. The molecule has 5 heteroatoms. The number of halogens is 1. The Bertz CT molecular complexity index is 1150. The van der Waals surface area contributed by atoms with E-state index >= 15 is 4.39 Å². The fourth-order valence-electron chi connectivity index (χ4n) is 8.80. The van der Waals surface area contributed by atoms with Crippen molar-refractivity contribution in [1.82, 2.24) is 4.90 Å². The number of rotatable bonds is 12. The van der Waals surface area contributed by atoms with Gasteiger partial charge in [0.15, 0.2) is 0 Å². The van der Waals surface area contributed by atoms with Crippen LogP contribution in [-0.4, -0.2) is 46.4 Å². The monoisotopic (exact) mass is 563 g/mol. The highest BCUT2D eigenvalue weighted by molar-refractivity contribution is 5.75. The molecule has 0 radical (unpaired) electrons. The number of amides is 1. The first-order chi connectivity index (χ1) is 19.8. The molecule has 4 nitrogen and oxygen atoms in total. The Labute approximate surface area is 246 Å². The van der Waals surface area contributed by atoms with E-state index in [1.165, 1.54) is 5.56 Å². The van der Waals surface area contributed by atoms with Crippen LogP contribution in [0.15, 0.2) is 48.5 Å². The first kappa shape index (κ1) is 30.1. The third-order valence-electron chi connectivity index (χ3n) is 10.9. The number of phenols is 1. The fourth-order valence-corrected chi connectivity index (χ4v) is 8.80. The lowest BCUT2D eigenvalue weighted by molar-refractivity contribution is -0.131. The SMILES string of the molecule is CCC(=O)N(CCCCCC[C@@H]1Cc2cc(O)ccc2C2C1C1CC[C@H](O)[C@@]1(C)C[C@@H]2F)CCCc1ccccc1. The summed E-state index contributed by atoms with van der Waals surface area (Å²) in [6, 6.07) is 16.0. The molecule has 224 valence electrons. The zero-order valence-corrected chi connectivity index (χ0v) is 25.1. The Kier molecular flexibility index (Phi) is 9.74. The van der Waals surface area contributed by atoms with E-state index in [2.05, 4.69) is 31.2 Å². The number of hydrogen-bond donors (Lipinski definition) is 2. The number of aryl methyl sites for hydroxylation is 1. The maximum absolute atomic E-state index is 16.0. The molecule has 3 unspecified atom stereocenters. The van der Waals surface area contributed by atoms with Gasteiger partial charge in [-0.25, -0.2) is 4.39 Å². The Hall–Kier alpha value is -2.40. The van der Waals surface area contributed by atoms with Crippen LogP contribution in [0.2, 0.25) is 0 Å². The number of aromatic hydroxyl groups is 1. The van der Waals surface area contributed by atoms with Gasteiger partial charge in [-0.05, 0) is 103 Å². The lowest BCUT2D eigenvalue weighted by Gasteiger charge is -2.54. The third kappa shape index (κ3) is 6.50. The first-order valence-electron chi connectivity index (χ1n) is 16.3. The van der Waals surface area contributed by atoms with Gasteiger partial charge in [0.1, 0.15) is 11.9 Å². The molecule has 0 aromatic heterocycles. The number of alkyl halides is 1. The van der Waals surface area contributed by atoms with Crippen molar-refractivity contribution in [3.8, 4) is 5.75 Å². The summed E-state index contributed by atoms with van der Waals surface area (Å²) < 4.78 is 16.0. The van der Waals surface area contributed by atoms with E-state index < -0.39 is 12.3 Å². The van der Waals surface area contributed by atoms with Gasteiger partial charge in [0.05, 0.1) is 6.10 Å². The van der Waals surface area contributed by atoms with Crippen molar-refractivity contribution in [3.05, 3.63) is 65.2 Å². The van der Waals surface area contributed by atoms with Crippen LogP contribution in [0.4, 0.5) is 4.39 Å². The van der Waals surface area contributed by atoms with E-state index in [1.54, 1.807) is 6.07 Å². The maximum Gasteiger partial charge on any atom is 0.222 e. The molecule has 2 saturated carbocycles. The summed E-state index contributed by atoms with van der Waals surface area (Å²) in [7, 11) is 0. The molecule has 3 aliphatic rings. The summed E-state index contributed by atoms with van der Waals surface area (Å²) in [6.45, 7) is 5.72. The van der Waals surface area contributed by atoms with E-state index in [-0.39, 0.29) is 28.9 Å². The highest BCUT2D eigenvalue weighted by atomic mass is 19.1. The molecule has 7 atom stereocenters. The largest absolute Gasteiger partial charge is 0.508 e. The topological polar surface area (TPSA) is 60.8 Å². The van der Waals surface area contributed by atoms with Crippen LogP contribution < -0.4 is 0 Å². The Balaban J connectivity index is 1.15. The molecule has 0 heterocycles. The highest BCUT2D eigenvalue weighted by Gasteiger charge is 2.59. The summed E-state index contributed by atoms with van der Waals surface area (Å²) in [6.07, 6.45) is 9.65. The zero-order valence-electron chi connectivity index (χ0n) is 25.1. The number of hydrogen-bond acceptors (Lipinski definition) is 3. The lowest BCUT2D eigenvalue weighted by Crippen LogP contribution is -2.51. The molecule has 3 aliphatic carbocycles. The van der Waals surface area contributed by atoms with Crippen LogP contribution in [0.1, 0.15) is 101 Å². The van der Waals surface area contributed by atoms with Gasteiger partial charge in [-0.1, -0.05) is 69.5 Å². The Morgan fingerprint density at radius 2 is 1.78 bits per heavy atom. The van der Waals surface area contributed by atoms with Crippen molar-refractivity contribution in [2.75, 3.05) is 13.1 Å². The van der Waals surface area contributed by atoms with Crippen molar-refractivity contribution in [1.29, 1.82) is 0 Å². The molecule has 0 bridgehead atoms. The molecule has 5 rings (SSSR count). The molecule has 2 N–H and O–H groups in total. The summed E-state index contributed by atoms with van der Waals surface area (Å²) in [5, 5.41) is 21.1. The molecular formula is C36H50FNO3. The normalized spacial score (nSPS) is 30.3. The molecule has 2 fully saturated rings. The van der Waals surface area contributed by atoms with E-state index in [0.717, 1.165) is 88.4 Å². The number of fused-ring (bicyclic) bond motifs is 5. The Morgan fingerprint density at radius 1 is 1.02 bits per heavy atom. The second kappa shape index (κ2) is 13.3. The van der Waals surface area contributed by atoms with Crippen molar-refractivity contribution in [2.45, 2.75) is 109 Å². The van der Waals surface area contributed by atoms with Gasteiger partial charge in [-0.3, -0.25) is 4.79 Å². The average molecular weight is 564 g/mol. The zero-order chi connectivity index (χ0) is 29.0. The number of aliphatic hydroxyl groups excluding tert-OH is 1. The number of benzene rings is 2. The second-order valence-electron chi connectivity index (χ2n) is 13.4. The molecule has 2 aromatic rings. The quantitative estimate of drug-likeness (QED) is 0.261. The van der Waals surface area contributed by atoms with Crippen LogP contribution in [0.5, 0.6) is 5.75 Å². The Morgan fingerprint density at radius 3 is 2.56 bits per heavy atom. The third-order valence-corrected chi connectivity index (χ3v) is 10.9. The van der Waals surface area contributed by atoms with E-state index in [4.69, 9.17) is 0 Å². The van der Waals surface area contributed by atoms with Crippen LogP contribution in [0.3, 0.4) is 0 Å². The summed E-state index contributed by atoms with van der Waals surface area (Å²) in [5.74, 6) is 1.36. The van der Waals surface area contributed by atoms with Crippen molar-refractivity contribution >= 4 is 5.91 Å². The predicted octanol–water partition coefficient (Wildman–Crippen LogP) is 7.61. The van der Waals surface area contributed by atoms with E-state index in [0.29, 0.717) is 24.7 Å². The summed E-state index contributed by atoms with van der Waals surface area (Å²) >= 11 is 0. The fraction of sp³-hybridized carbons (Fsp3) is 0.639. The van der Waals surface area contributed by atoms with E-state index in [1.807, 2.05) is 30.0 Å². The number of unbranched alkanes of at least 4 members (excludes halogenated alkanes) is 3. The standard InChI is InChI=1S/C36H50FNO3/c1-3-33(41)38(21-11-14-25-12-7-6-8-13-25)20-10-5-4-9-15-26-22-27-23-28(39)16-17-29(27)35-31(37)24-36(2)30(34(26)35)18-19-32(36)40/h6-8,12-13,16-17,23,26,30-32,34-35,39-40H,3-5,9-11,14-15,18-22,24H2,1-2H3/t26-,30?,31+,32+,34?,35?,36+/m1/s1. The summed E-state index contributed by atoms with van der Waals surface area (Å²) in [4.78, 5) is 14.6. The van der Waals surface area contributed by atoms with E-state index in [9.17, 15) is 15.0 Å². The maximum atomic E-state index is 16.0. The van der Waals surface area contributed by atoms with Gasteiger partial charge >= 0.3 is 0 Å². The van der Waals surface area contributed by atoms with Gasteiger partial charge in [0.25, 0.3) is 0 Å². The minimum absolute atomic E-state index is 0.128. The van der Waals surface area contributed by atoms with Crippen molar-refractivity contribution in [3.63, 3.8) is 0 Å². The molecule has 41 heavy (non-hydrogen) atoms. The number of carbonyl (C=O) groups is 1. The van der Waals surface area contributed by atoms with Crippen molar-refractivity contribution < 1.29 is 19.4 Å². The second-order valence-corrected chi connectivity index (χ2v) is 13.4. The van der Waals surface area contributed by atoms with Crippen molar-refractivity contribution in [2.24, 2.45) is 23.2 Å². The molecule has 0 aliphatic heterocycles.